The molecule has 0 bridgehead atoms. The monoisotopic (exact) mass is 428 g/mol. The van der Waals surface area contributed by atoms with Crippen molar-refractivity contribution >= 4 is 11.6 Å². The van der Waals surface area contributed by atoms with Gasteiger partial charge in [-0.15, -0.1) is 0 Å². The number of hydrogen-bond acceptors (Lipinski definition) is 3. The molecule has 0 radical (unpaired) electrons. The first-order chi connectivity index (χ1) is 10.6. The number of anilines is 1. The fraction of sp³-hybridized carbons (Fsp3) is 0.294. The zero-order chi connectivity index (χ0) is 15.9. The van der Waals surface area contributed by atoms with Crippen molar-refractivity contribution in [3.8, 4) is 11.5 Å². The van der Waals surface area contributed by atoms with Crippen LogP contribution in [-0.4, -0.2) is 20.1 Å². The van der Waals surface area contributed by atoms with Crippen molar-refractivity contribution in [3.63, 3.8) is 0 Å². The molecule has 1 heterocycles. The molecule has 0 spiro atoms. The maximum atomic E-state index is 11.0. The Kier molecular flexibility index (Phi) is 7.80. The van der Waals surface area contributed by atoms with Crippen LogP contribution in [0.15, 0.2) is 42.7 Å². The fourth-order valence-electron chi connectivity index (χ4n) is 2.19. The predicted octanol–water partition coefficient (Wildman–Crippen LogP) is -0.804. The van der Waals surface area contributed by atoms with Crippen LogP contribution in [0.1, 0.15) is 12.5 Å². The molecule has 0 aliphatic heterocycles. The van der Waals surface area contributed by atoms with Crippen LogP contribution in [0, 0.1) is 0 Å². The van der Waals surface area contributed by atoms with Crippen molar-refractivity contribution in [1.29, 1.82) is 0 Å². The molecule has 0 aliphatic carbocycles. The highest BCUT2D eigenvalue weighted by atomic mass is 127. The lowest BCUT2D eigenvalue weighted by Crippen LogP contribution is -3.00. The number of benzene rings is 1. The molecule has 0 saturated heterocycles. The van der Waals surface area contributed by atoms with Crippen molar-refractivity contribution < 1.29 is 42.8 Å². The summed E-state index contributed by atoms with van der Waals surface area (Å²) >= 11 is 0. The second-order valence-corrected chi connectivity index (χ2v) is 4.95. The number of carbonyl (C=O) groups excluding carboxylic acids is 1. The Labute approximate surface area is 153 Å². The zero-order valence-electron chi connectivity index (χ0n) is 13.5. The molecule has 6 heteroatoms. The number of rotatable bonds is 6. The summed E-state index contributed by atoms with van der Waals surface area (Å²) in [6.07, 6.45) is 4.78. The first kappa shape index (κ1) is 19.2. The van der Waals surface area contributed by atoms with E-state index in [1.807, 2.05) is 42.7 Å². The van der Waals surface area contributed by atoms with Gasteiger partial charge in [0.2, 0.25) is 5.91 Å². The number of ether oxygens (including phenoxy) is 2. The smallest absolute Gasteiger partial charge is 0.221 e. The molecule has 1 aromatic carbocycles. The summed E-state index contributed by atoms with van der Waals surface area (Å²) in [6.45, 7) is 2.34. The summed E-state index contributed by atoms with van der Waals surface area (Å²) in [7, 11) is 3.27. The van der Waals surface area contributed by atoms with E-state index in [0.717, 1.165) is 30.2 Å². The van der Waals surface area contributed by atoms with Crippen molar-refractivity contribution in [2.24, 2.45) is 0 Å². The fourth-order valence-corrected chi connectivity index (χ4v) is 2.19. The molecule has 1 N–H and O–H groups in total. The number of aromatic nitrogens is 1. The number of nitrogens with one attached hydrogen (secondary N) is 1. The van der Waals surface area contributed by atoms with Crippen LogP contribution in [0.5, 0.6) is 11.5 Å². The molecule has 0 atom stereocenters. The van der Waals surface area contributed by atoms with Crippen LogP contribution < -0.4 is 43.3 Å². The normalized spacial score (nSPS) is 9.70. The van der Waals surface area contributed by atoms with E-state index < -0.39 is 0 Å². The minimum Gasteiger partial charge on any atom is -1.00 e. The molecule has 0 aliphatic rings. The molecule has 23 heavy (non-hydrogen) atoms. The first-order valence-corrected chi connectivity index (χ1v) is 7.10. The minimum absolute atomic E-state index is 0. The number of carbonyl (C=O) groups is 1. The summed E-state index contributed by atoms with van der Waals surface area (Å²) in [6, 6.07) is 9.71. The van der Waals surface area contributed by atoms with Crippen molar-refractivity contribution in [3.05, 3.63) is 48.3 Å². The Morgan fingerprint density at radius 3 is 2.30 bits per heavy atom. The van der Waals surface area contributed by atoms with Gasteiger partial charge in [-0.1, -0.05) is 6.07 Å². The van der Waals surface area contributed by atoms with E-state index in [2.05, 4.69) is 9.88 Å². The third-order valence-corrected chi connectivity index (χ3v) is 3.32. The maximum Gasteiger partial charge on any atom is 0.221 e. The molecule has 1 aromatic heterocycles. The highest BCUT2D eigenvalue weighted by Crippen LogP contribution is 2.27. The molecule has 0 saturated carbocycles. The molecule has 2 aromatic rings. The molecular weight excluding hydrogens is 407 g/mol. The largest absolute Gasteiger partial charge is 1.00 e. The minimum atomic E-state index is -0.0666. The number of halogens is 1. The van der Waals surface area contributed by atoms with Crippen LogP contribution in [0.2, 0.25) is 0 Å². The molecule has 1 amide bonds. The van der Waals surface area contributed by atoms with Crippen LogP contribution in [-0.2, 0) is 17.8 Å². The van der Waals surface area contributed by atoms with E-state index in [9.17, 15) is 4.79 Å². The van der Waals surface area contributed by atoms with Gasteiger partial charge in [0.1, 0.15) is 0 Å². The molecule has 5 nitrogen and oxygen atoms in total. The Balaban J connectivity index is 0.00000264. The lowest BCUT2D eigenvalue weighted by Gasteiger charge is -2.08. The number of amides is 1. The molecule has 0 fully saturated rings. The summed E-state index contributed by atoms with van der Waals surface area (Å²) in [5, 5.41) is 2.75. The zero-order valence-corrected chi connectivity index (χ0v) is 15.7. The van der Waals surface area contributed by atoms with Crippen LogP contribution in [0.4, 0.5) is 5.69 Å². The van der Waals surface area contributed by atoms with Gasteiger partial charge in [0.15, 0.2) is 30.4 Å². The van der Waals surface area contributed by atoms with Crippen molar-refractivity contribution in [1.82, 2.24) is 0 Å². The average Bonchev–Trinajstić information content (AvgIpc) is 2.53. The Morgan fingerprint density at radius 1 is 1.09 bits per heavy atom. The van der Waals surface area contributed by atoms with Crippen LogP contribution >= 0.6 is 0 Å². The maximum absolute atomic E-state index is 11.0. The number of aryl methyl sites for hydroxylation is 2. The van der Waals surface area contributed by atoms with Gasteiger partial charge in [0.05, 0.1) is 19.9 Å². The Morgan fingerprint density at radius 2 is 1.74 bits per heavy atom. The van der Waals surface area contributed by atoms with Gasteiger partial charge in [0, 0.05) is 25.5 Å². The highest BCUT2D eigenvalue weighted by molar-refractivity contribution is 5.88. The van der Waals surface area contributed by atoms with E-state index in [1.54, 1.807) is 14.2 Å². The average molecular weight is 428 g/mol. The highest BCUT2D eigenvalue weighted by Gasteiger charge is 2.07. The molecular formula is C17H21IN2O3. The molecule has 2 rings (SSSR count). The number of nitrogens with zero attached hydrogens (tertiary/aromatic N) is 1. The second-order valence-electron chi connectivity index (χ2n) is 4.95. The van der Waals surface area contributed by atoms with E-state index in [-0.39, 0.29) is 29.9 Å². The summed E-state index contributed by atoms with van der Waals surface area (Å²) in [5.41, 5.74) is 1.98. The summed E-state index contributed by atoms with van der Waals surface area (Å²) in [4.78, 5) is 11.0. The third-order valence-electron chi connectivity index (χ3n) is 3.32. The number of pyridine rings is 1. The topological polar surface area (TPSA) is 51.4 Å². The summed E-state index contributed by atoms with van der Waals surface area (Å²) < 4.78 is 12.6. The van der Waals surface area contributed by atoms with Crippen molar-refractivity contribution in [2.75, 3.05) is 19.5 Å². The van der Waals surface area contributed by atoms with Gasteiger partial charge in [-0.3, -0.25) is 4.79 Å². The van der Waals surface area contributed by atoms with Gasteiger partial charge < -0.3 is 38.8 Å². The van der Waals surface area contributed by atoms with Crippen LogP contribution in [0.3, 0.4) is 0 Å². The lowest BCUT2D eigenvalue weighted by atomic mass is 10.1. The predicted molar refractivity (Wildman–Crippen MR) is 84.2 cm³/mol. The first-order valence-electron chi connectivity index (χ1n) is 7.10. The van der Waals surface area contributed by atoms with Gasteiger partial charge in [-0.25, -0.2) is 4.57 Å². The van der Waals surface area contributed by atoms with Gasteiger partial charge in [-0.05, 0) is 17.7 Å². The quantitative estimate of drug-likeness (QED) is 0.484. The van der Waals surface area contributed by atoms with E-state index >= 15 is 0 Å². The summed E-state index contributed by atoms with van der Waals surface area (Å²) in [5.74, 6) is 1.41. The van der Waals surface area contributed by atoms with Gasteiger partial charge in [0.25, 0.3) is 0 Å². The standard InChI is InChI=1S/C17H20N2O3.HI/c1-13(20)18-15-7-10-19(11-8-15)9-6-14-4-5-16(21-2)17(12-14)22-3;/h4-5,7-8,10-12H,6,9H2,1-3H3;1H. The third kappa shape index (κ3) is 5.70. The van der Waals surface area contributed by atoms with Gasteiger partial charge in [-0.2, -0.15) is 0 Å². The van der Waals surface area contributed by atoms with E-state index in [0.29, 0.717) is 0 Å². The number of hydrogen-bond donors (Lipinski definition) is 1. The Bertz CT molecular complexity index is 645. The number of methoxy groups -OCH3 is 2. The molecule has 124 valence electrons. The van der Waals surface area contributed by atoms with Crippen LogP contribution in [0.25, 0.3) is 0 Å². The lowest BCUT2D eigenvalue weighted by molar-refractivity contribution is -0.696. The SMILES string of the molecule is COc1ccc(CC[n+]2ccc(NC(C)=O)cc2)cc1OC.[I-]. The van der Waals surface area contributed by atoms with Crippen molar-refractivity contribution in [2.45, 2.75) is 19.9 Å². The molecule has 0 unspecified atom stereocenters. The Hall–Kier alpha value is -1.83. The second kappa shape index (κ2) is 9.34. The van der Waals surface area contributed by atoms with E-state index in [1.165, 1.54) is 12.5 Å². The van der Waals surface area contributed by atoms with E-state index in [4.69, 9.17) is 9.47 Å². The van der Waals surface area contributed by atoms with Gasteiger partial charge >= 0.3 is 0 Å².